The summed E-state index contributed by atoms with van der Waals surface area (Å²) < 4.78 is 13.2. The lowest BCUT2D eigenvalue weighted by Crippen LogP contribution is -1.79. The van der Waals surface area contributed by atoms with Crippen molar-refractivity contribution in [2.45, 2.75) is 0 Å². The van der Waals surface area contributed by atoms with Gasteiger partial charge in [0.15, 0.2) is 0 Å². The van der Waals surface area contributed by atoms with Gasteiger partial charge in [-0.3, -0.25) is 0 Å². The Morgan fingerprint density at radius 1 is 1.06 bits per heavy atom. The number of benzene rings is 2. The molecule has 2 nitrogen and oxygen atoms in total. The summed E-state index contributed by atoms with van der Waals surface area (Å²) in [6, 6.07) is 15.9. The lowest BCUT2D eigenvalue weighted by Gasteiger charge is -1.96. The van der Waals surface area contributed by atoms with E-state index >= 15 is 0 Å². The minimum absolute atomic E-state index is 0.260. The predicted octanol–water partition coefficient (Wildman–Crippen LogP) is 3.85. The van der Waals surface area contributed by atoms with Crippen molar-refractivity contribution in [1.82, 2.24) is 4.98 Å². The van der Waals surface area contributed by atoms with Gasteiger partial charge in [-0.2, -0.15) is 5.26 Å². The number of nitrogens with zero attached hydrogens (tertiary/aromatic N) is 1. The Kier molecular flexibility index (Phi) is 2.35. The van der Waals surface area contributed by atoms with Crippen LogP contribution in [0.2, 0.25) is 0 Å². The average Bonchev–Trinajstić information content (AvgIpc) is 2.81. The second kappa shape index (κ2) is 4.01. The monoisotopic (exact) mass is 236 g/mol. The number of hydrogen-bond acceptors (Lipinski definition) is 1. The minimum Gasteiger partial charge on any atom is -0.354 e. The number of halogens is 1. The van der Waals surface area contributed by atoms with Crippen molar-refractivity contribution < 1.29 is 4.39 Å². The van der Waals surface area contributed by atoms with Crippen LogP contribution in [0.5, 0.6) is 0 Å². The molecule has 0 aliphatic heterocycles. The first-order chi connectivity index (χ1) is 8.76. The van der Waals surface area contributed by atoms with Gasteiger partial charge in [-0.1, -0.05) is 18.2 Å². The second-order valence-corrected chi connectivity index (χ2v) is 4.11. The first-order valence-corrected chi connectivity index (χ1v) is 5.55. The molecule has 3 heteroatoms. The second-order valence-electron chi connectivity index (χ2n) is 4.11. The fourth-order valence-corrected chi connectivity index (χ4v) is 2.01. The zero-order chi connectivity index (χ0) is 12.5. The smallest absolute Gasteiger partial charge is 0.123 e. The summed E-state index contributed by atoms with van der Waals surface area (Å²) in [5.41, 5.74) is 3.13. The van der Waals surface area contributed by atoms with Crippen molar-refractivity contribution >= 4 is 10.9 Å². The molecule has 0 saturated carbocycles. The van der Waals surface area contributed by atoms with E-state index in [2.05, 4.69) is 11.1 Å². The summed E-state index contributed by atoms with van der Waals surface area (Å²) in [6.45, 7) is 0. The number of aromatic nitrogens is 1. The van der Waals surface area contributed by atoms with E-state index in [1.165, 1.54) is 12.1 Å². The number of nitrogens with one attached hydrogen (secondary N) is 1. The third-order valence-electron chi connectivity index (χ3n) is 2.89. The normalized spacial score (nSPS) is 10.4. The van der Waals surface area contributed by atoms with E-state index in [4.69, 9.17) is 5.26 Å². The van der Waals surface area contributed by atoms with Crippen LogP contribution in [0.25, 0.3) is 22.2 Å². The van der Waals surface area contributed by atoms with E-state index in [9.17, 15) is 4.39 Å². The third-order valence-corrected chi connectivity index (χ3v) is 2.89. The van der Waals surface area contributed by atoms with E-state index in [0.29, 0.717) is 5.56 Å². The number of fused-ring (bicyclic) bond motifs is 1. The van der Waals surface area contributed by atoms with Gasteiger partial charge in [0.1, 0.15) is 5.82 Å². The Labute approximate surface area is 103 Å². The molecule has 86 valence electrons. The molecular weight excluding hydrogens is 227 g/mol. The number of hydrogen-bond donors (Lipinski definition) is 1. The van der Waals surface area contributed by atoms with Gasteiger partial charge in [-0.05, 0) is 30.3 Å². The van der Waals surface area contributed by atoms with Crippen LogP contribution in [0.3, 0.4) is 0 Å². The van der Waals surface area contributed by atoms with Gasteiger partial charge >= 0.3 is 0 Å². The summed E-state index contributed by atoms with van der Waals surface area (Å²) in [4.78, 5) is 3.20. The molecule has 0 atom stereocenters. The van der Waals surface area contributed by atoms with Crippen molar-refractivity contribution in [1.29, 1.82) is 5.26 Å². The van der Waals surface area contributed by atoms with Crippen molar-refractivity contribution in [3.05, 3.63) is 59.9 Å². The molecule has 0 amide bonds. The van der Waals surface area contributed by atoms with Crippen LogP contribution in [0.1, 0.15) is 5.56 Å². The summed E-state index contributed by atoms with van der Waals surface area (Å²) in [5.74, 6) is -0.260. The molecule has 0 radical (unpaired) electrons. The zero-order valence-corrected chi connectivity index (χ0v) is 9.44. The summed E-state index contributed by atoms with van der Waals surface area (Å²) in [6.07, 6.45) is 0. The molecule has 3 rings (SSSR count). The molecular formula is C15H9FN2. The molecule has 0 aliphatic rings. The molecule has 1 aromatic heterocycles. The van der Waals surface area contributed by atoms with Crippen LogP contribution < -0.4 is 0 Å². The van der Waals surface area contributed by atoms with Crippen molar-refractivity contribution in [2.75, 3.05) is 0 Å². The lowest BCUT2D eigenvalue weighted by molar-refractivity contribution is 0.628. The number of rotatable bonds is 1. The van der Waals surface area contributed by atoms with E-state index < -0.39 is 0 Å². The molecule has 1 N–H and O–H groups in total. The molecule has 18 heavy (non-hydrogen) atoms. The van der Waals surface area contributed by atoms with Crippen LogP contribution in [0.15, 0.2) is 48.5 Å². The Hall–Kier alpha value is -2.60. The van der Waals surface area contributed by atoms with Gasteiger partial charge < -0.3 is 4.98 Å². The highest BCUT2D eigenvalue weighted by Crippen LogP contribution is 2.25. The highest BCUT2D eigenvalue weighted by Gasteiger charge is 2.04. The number of nitriles is 1. The van der Waals surface area contributed by atoms with Crippen molar-refractivity contribution in [2.24, 2.45) is 0 Å². The van der Waals surface area contributed by atoms with E-state index in [-0.39, 0.29) is 5.82 Å². The molecule has 0 unspecified atom stereocenters. The first kappa shape index (κ1) is 10.5. The van der Waals surface area contributed by atoms with Gasteiger partial charge in [-0.15, -0.1) is 0 Å². The first-order valence-electron chi connectivity index (χ1n) is 5.55. The van der Waals surface area contributed by atoms with Crippen LogP contribution in [-0.4, -0.2) is 4.98 Å². The summed E-state index contributed by atoms with van der Waals surface area (Å²) in [5, 5.41) is 9.85. The predicted molar refractivity (Wildman–Crippen MR) is 68.4 cm³/mol. The Morgan fingerprint density at radius 3 is 2.72 bits per heavy atom. The number of H-pyrrole nitrogens is 1. The molecule has 0 fully saturated rings. The van der Waals surface area contributed by atoms with Crippen molar-refractivity contribution in [3.8, 4) is 17.3 Å². The van der Waals surface area contributed by atoms with Crippen molar-refractivity contribution in [3.63, 3.8) is 0 Å². The maximum absolute atomic E-state index is 13.2. The lowest BCUT2D eigenvalue weighted by atomic mass is 10.1. The molecule has 2 aromatic carbocycles. The topological polar surface area (TPSA) is 39.6 Å². The highest BCUT2D eigenvalue weighted by atomic mass is 19.1. The van der Waals surface area contributed by atoms with Gasteiger partial charge in [-0.25, -0.2) is 4.39 Å². The van der Waals surface area contributed by atoms with Gasteiger partial charge in [0.2, 0.25) is 0 Å². The quantitative estimate of drug-likeness (QED) is 0.685. The fraction of sp³-hybridized carbons (Fsp3) is 0. The third kappa shape index (κ3) is 1.74. The summed E-state index contributed by atoms with van der Waals surface area (Å²) in [7, 11) is 0. The maximum atomic E-state index is 13.2. The molecule has 0 aliphatic carbocycles. The average molecular weight is 236 g/mol. The van der Waals surface area contributed by atoms with Gasteiger partial charge in [0.05, 0.1) is 11.6 Å². The largest absolute Gasteiger partial charge is 0.354 e. The standard InChI is InChI=1S/C15H9FN2/c16-13-3-1-2-11(7-13)15-8-12-5-4-10(9-17)6-14(12)18-15/h1-8,18H. The van der Waals surface area contributed by atoms with Gasteiger partial charge in [0, 0.05) is 22.2 Å². The highest BCUT2D eigenvalue weighted by molar-refractivity contribution is 5.86. The van der Waals surface area contributed by atoms with Crippen LogP contribution in [-0.2, 0) is 0 Å². The van der Waals surface area contributed by atoms with Gasteiger partial charge in [0.25, 0.3) is 0 Å². The SMILES string of the molecule is N#Cc1ccc2cc(-c3cccc(F)c3)[nH]c2c1. The van der Waals surface area contributed by atoms with E-state index in [1.54, 1.807) is 18.2 Å². The summed E-state index contributed by atoms with van der Waals surface area (Å²) >= 11 is 0. The Morgan fingerprint density at radius 2 is 1.94 bits per heavy atom. The van der Waals surface area contributed by atoms with Crippen LogP contribution in [0.4, 0.5) is 4.39 Å². The Bertz CT molecular complexity index is 766. The van der Waals surface area contributed by atoms with E-state index in [0.717, 1.165) is 22.2 Å². The molecule has 0 spiro atoms. The molecule has 1 heterocycles. The minimum atomic E-state index is -0.260. The molecule has 0 saturated heterocycles. The maximum Gasteiger partial charge on any atom is 0.123 e. The van der Waals surface area contributed by atoms with E-state index in [1.807, 2.05) is 18.2 Å². The van der Waals surface area contributed by atoms with Crippen LogP contribution in [0, 0.1) is 17.1 Å². The molecule has 0 bridgehead atoms. The fourth-order valence-electron chi connectivity index (χ4n) is 2.01. The molecule has 3 aromatic rings. The van der Waals surface area contributed by atoms with Crippen LogP contribution >= 0.6 is 0 Å². The Balaban J connectivity index is 2.17. The number of aromatic amines is 1. The zero-order valence-electron chi connectivity index (χ0n) is 9.44.